The summed E-state index contributed by atoms with van der Waals surface area (Å²) in [5.74, 6) is 0.0383. The van der Waals surface area contributed by atoms with Crippen molar-refractivity contribution in [2.24, 2.45) is 0 Å². The summed E-state index contributed by atoms with van der Waals surface area (Å²) in [6.45, 7) is 14.2. The summed E-state index contributed by atoms with van der Waals surface area (Å²) < 4.78 is 12.0. The molecule has 2 rings (SSSR count). The zero-order valence-electron chi connectivity index (χ0n) is 22.9. The van der Waals surface area contributed by atoms with E-state index in [1.807, 2.05) is 90.1 Å². The van der Waals surface area contributed by atoms with Gasteiger partial charge in [0.2, 0.25) is 11.8 Å². The molecule has 2 N–H and O–H groups in total. The van der Waals surface area contributed by atoms with Gasteiger partial charge in [0, 0.05) is 13.1 Å². The van der Waals surface area contributed by atoms with E-state index in [-0.39, 0.29) is 23.0 Å². The van der Waals surface area contributed by atoms with Gasteiger partial charge in [-0.3, -0.25) is 9.59 Å². The van der Waals surface area contributed by atoms with E-state index in [1.165, 1.54) is 11.1 Å². The predicted octanol–water partition coefficient (Wildman–Crippen LogP) is 4.69. The smallest absolute Gasteiger partial charge is 0.224 e. The summed E-state index contributed by atoms with van der Waals surface area (Å²) in [5, 5.41) is 5.96. The molecule has 0 atom stereocenters. The Morgan fingerprint density at radius 3 is 1.31 bits per heavy atom. The largest absolute Gasteiger partial charge is 0.373 e. The van der Waals surface area contributed by atoms with E-state index in [1.54, 1.807) is 0 Å². The Balaban J connectivity index is 1.57. The van der Waals surface area contributed by atoms with Crippen LogP contribution in [0.4, 0.5) is 0 Å². The summed E-state index contributed by atoms with van der Waals surface area (Å²) in [4.78, 5) is 24.4. The molecule has 0 aromatic heterocycles. The van der Waals surface area contributed by atoms with Crippen molar-refractivity contribution in [2.45, 2.75) is 78.4 Å². The maximum absolute atomic E-state index is 12.2. The minimum absolute atomic E-state index is 0.0192. The van der Waals surface area contributed by atoms with Crippen LogP contribution in [0, 0.1) is 13.8 Å². The standard InChI is InChI=1S/C30H44N2O4/c1-23-7-11-25(12-8-23)21-27(33)31-17-15-29(3,4)35-19-20-36-30(5,6)16-18-32-28(34)22-26-13-9-24(2)10-14-26/h7-14H,15-22H2,1-6H3,(H,31,33)(H,32,34). The predicted molar refractivity (Wildman–Crippen MR) is 145 cm³/mol. The molecule has 2 aromatic carbocycles. The number of aryl methyl sites for hydroxylation is 2. The average Bonchev–Trinajstić information content (AvgIpc) is 2.80. The van der Waals surface area contributed by atoms with Gasteiger partial charge in [-0.2, -0.15) is 0 Å². The van der Waals surface area contributed by atoms with Crippen LogP contribution in [0.15, 0.2) is 48.5 Å². The first-order valence-corrected chi connectivity index (χ1v) is 12.9. The minimum atomic E-state index is -0.366. The normalized spacial score (nSPS) is 11.8. The lowest BCUT2D eigenvalue weighted by Gasteiger charge is -2.28. The zero-order chi connectivity index (χ0) is 26.6. The molecule has 0 aliphatic carbocycles. The Kier molecular flexibility index (Phi) is 11.6. The summed E-state index contributed by atoms with van der Waals surface area (Å²) in [5.41, 5.74) is 3.67. The number of carbonyl (C=O) groups is 2. The number of benzene rings is 2. The summed E-state index contributed by atoms with van der Waals surface area (Å²) >= 11 is 0. The molecule has 0 radical (unpaired) electrons. The summed E-state index contributed by atoms with van der Waals surface area (Å²) in [6, 6.07) is 16.0. The van der Waals surface area contributed by atoms with Crippen molar-refractivity contribution in [3.63, 3.8) is 0 Å². The van der Waals surface area contributed by atoms with Crippen LogP contribution in [0.5, 0.6) is 0 Å². The van der Waals surface area contributed by atoms with Crippen LogP contribution < -0.4 is 10.6 Å². The first-order valence-electron chi connectivity index (χ1n) is 12.9. The fraction of sp³-hybridized carbons (Fsp3) is 0.533. The molecular weight excluding hydrogens is 452 g/mol. The van der Waals surface area contributed by atoms with Crippen molar-refractivity contribution in [1.82, 2.24) is 10.6 Å². The second-order valence-corrected chi connectivity index (χ2v) is 10.7. The number of carbonyl (C=O) groups excluding carboxylic acids is 2. The lowest BCUT2D eigenvalue weighted by Crippen LogP contribution is -2.36. The summed E-state index contributed by atoms with van der Waals surface area (Å²) in [7, 11) is 0. The summed E-state index contributed by atoms with van der Waals surface area (Å²) in [6.07, 6.45) is 2.19. The van der Waals surface area contributed by atoms with Crippen LogP contribution in [-0.2, 0) is 31.9 Å². The van der Waals surface area contributed by atoms with Crippen molar-refractivity contribution in [3.8, 4) is 0 Å². The Bertz CT molecular complexity index is 870. The van der Waals surface area contributed by atoms with Gasteiger partial charge in [-0.1, -0.05) is 59.7 Å². The van der Waals surface area contributed by atoms with Gasteiger partial charge < -0.3 is 20.1 Å². The van der Waals surface area contributed by atoms with Gasteiger partial charge >= 0.3 is 0 Å². The van der Waals surface area contributed by atoms with Crippen LogP contribution in [0.1, 0.15) is 62.8 Å². The van der Waals surface area contributed by atoms with Crippen LogP contribution in [0.2, 0.25) is 0 Å². The lowest BCUT2D eigenvalue weighted by molar-refractivity contribution is -0.122. The molecule has 0 spiro atoms. The molecule has 198 valence electrons. The monoisotopic (exact) mass is 496 g/mol. The fourth-order valence-corrected chi connectivity index (χ4v) is 3.69. The molecule has 6 heteroatoms. The van der Waals surface area contributed by atoms with Gasteiger partial charge in [-0.25, -0.2) is 0 Å². The molecule has 0 aliphatic rings. The molecule has 0 fully saturated rings. The van der Waals surface area contributed by atoms with Crippen molar-refractivity contribution in [2.75, 3.05) is 26.3 Å². The van der Waals surface area contributed by atoms with E-state index < -0.39 is 0 Å². The quantitative estimate of drug-likeness (QED) is 0.351. The van der Waals surface area contributed by atoms with Crippen LogP contribution in [0.25, 0.3) is 0 Å². The maximum atomic E-state index is 12.2. The van der Waals surface area contributed by atoms with Gasteiger partial charge in [-0.15, -0.1) is 0 Å². The highest BCUT2D eigenvalue weighted by Crippen LogP contribution is 2.16. The molecule has 0 unspecified atom stereocenters. The van der Waals surface area contributed by atoms with Gasteiger partial charge in [0.05, 0.1) is 37.3 Å². The van der Waals surface area contributed by atoms with Crippen LogP contribution >= 0.6 is 0 Å². The number of nitrogens with one attached hydrogen (secondary N) is 2. The minimum Gasteiger partial charge on any atom is -0.373 e. The van der Waals surface area contributed by atoms with Crippen molar-refractivity contribution >= 4 is 11.8 Å². The number of hydrogen-bond acceptors (Lipinski definition) is 4. The van der Waals surface area contributed by atoms with Gasteiger partial charge in [-0.05, 0) is 65.5 Å². The Morgan fingerprint density at radius 1 is 0.639 bits per heavy atom. The molecule has 0 saturated heterocycles. The Labute approximate surface area is 217 Å². The Morgan fingerprint density at radius 2 is 0.972 bits per heavy atom. The van der Waals surface area contributed by atoms with Crippen LogP contribution in [-0.4, -0.2) is 49.3 Å². The van der Waals surface area contributed by atoms with Crippen molar-refractivity contribution in [3.05, 3.63) is 70.8 Å². The highest BCUT2D eigenvalue weighted by Gasteiger charge is 2.21. The lowest BCUT2D eigenvalue weighted by atomic mass is 10.0. The average molecular weight is 497 g/mol. The fourth-order valence-electron chi connectivity index (χ4n) is 3.69. The van der Waals surface area contributed by atoms with E-state index in [2.05, 4.69) is 10.6 Å². The Hall–Kier alpha value is -2.70. The maximum Gasteiger partial charge on any atom is 0.224 e. The number of ether oxygens (including phenoxy) is 2. The highest BCUT2D eigenvalue weighted by molar-refractivity contribution is 5.78. The van der Waals surface area contributed by atoms with Crippen LogP contribution in [0.3, 0.4) is 0 Å². The van der Waals surface area contributed by atoms with Gasteiger partial charge in [0.1, 0.15) is 0 Å². The van der Waals surface area contributed by atoms with Gasteiger partial charge in [0.15, 0.2) is 0 Å². The zero-order valence-corrected chi connectivity index (χ0v) is 22.9. The molecule has 0 bridgehead atoms. The molecule has 6 nitrogen and oxygen atoms in total. The molecule has 0 saturated carbocycles. The molecule has 36 heavy (non-hydrogen) atoms. The van der Waals surface area contributed by atoms with E-state index >= 15 is 0 Å². The number of hydrogen-bond donors (Lipinski definition) is 2. The third-order valence-electron chi connectivity index (χ3n) is 6.14. The third kappa shape index (κ3) is 12.3. The van der Waals surface area contributed by atoms with Crippen molar-refractivity contribution in [1.29, 1.82) is 0 Å². The highest BCUT2D eigenvalue weighted by atomic mass is 16.5. The third-order valence-corrected chi connectivity index (χ3v) is 6.14. The SMILES string of the molecule is Cc1ccc(CC(=O)NCCC(C)(C)OCCOC(C)(C)CCNC(=O)Cc2ccc(C)cc2)cc1. The number of amides is 2. The van der Waals surface area contributed by atoms with E-state index in [9.17, 15) is 9.59 Å². The second kappa shape index (κ2) is 14.1. The first-order chi connectivity index (χ1) is 16.9. The second-order valence-electron chi connectivity index (χ2n) is 10.7. The van der Waals surface area contributed by atoms with E-state index in [4.69, 9.17) is 9.47 Å². The van der Waals surface area contributed by atoms with Gasteiger partial charge in [0.25, 0.3) is 0 Å². The topological polar surface area (TPSA) is 76.7 Å². The molecular formula is C30H44N2O4. The van der Waals surface area contributed by atoms with E-state index in [0.717, 1.165) is 11.1 Å². The van der Waals surface area contributed by atoms with E-state index in [0.29, 0.717) is 52.0 Å². The molecule has 2 amide bonds. The number of rotatable bonds is 15. The first kappa shape index (κ1) is 29.5. The van der Waals surface area contributed by atoms with Crippen molar-refractivity contribution < 1.29 is 19.1 Å². The molecule has 0 aliphatic heterocycles. The molecule has 0 heterocycles. The molecule has 2 aromatic rings.